The fourth-order valence-corrected chi connectivity index (χ4v) is 3.36. The van der Waals surface area contributed by atoms with Crippen molar-refractivity contribution in [2.45, 2.75) is 10.6 Å². The number of nitrogens with two attached hydrogens (primary N) is 1. The predicted octanol–water partition coefficient (Wildman–Crippen LogP) is 3.76. The summed E-state index contributed by atoms with van der Waals surface area (Å²) in [6.07, 6.45) is 0. The van der Waals surface area contributed by atoms with Crippen LogP contribution in [-0.4, -0.2) is 14.2 Å². The molecule has 1 unspecified atom stereocenters. The van der Waals surface area contributed by atoms with Crippen LogP contribution in [0, 0.1) is 0 Å². The number of aromatic nitrogens is 2. The van der Waals surface area contributed by atoms with E-state index in [2.05, 4.69) is 9.97 Å². The van der Waals surface area contributed by atoms with Gasteiger partial charge in [0.2, 0.25) is 0 Å². The van der Waals surface area contributed by atoms with E-state index in [0.29, 0.717) is 26.5 Å². The summed E-state index contributed by atoms with van der Waals surface area (Å²) in [7, 11) is -1.25. The summed E-state index contributed by atoms with van der Waals surface area (Å²) < 4.78 is 12.3. The molecule has 108 valence electrons. The van der Waals surface area contributed by atoms with Gasteiger partial charge >= 0.3 is 0 Å². The minimum absolute atomic E-state index is 0.270. The lowest BCUT2D eigenvalue weighted by atomic mass is 10.3. The van der Waals surface area contributed by atoms with Gasteiger partial charge in [-0.2, -0.15) is 0 Å². The van der Waals surface area contributed by atoms with Gasteiger partial charge in [0, 0.05) is 10.6 Å². The summed E-state index contributed by atoms with van der Waals surface area (Å²) in [5, 5.41) is 0.830. The van der Waals surface area contributed by atoms with Crippen LogP contribution in [0.1, 0.15) is 5.82 Å². The highest BCUT2D eigenvalue weighted by atomic mass is 35.5. The molecule has 3 N–H and O–H groups in total. The lowest BCUT2D eigenvalue weighted by molar-refractivity contribution is 0.681. The maximum atomic E-state index is 12.3. The van der Waals surface area contributed by atoms with Crippen molar-refractivity contribution in [1.29, 1.82) is 0 Å². The molecule has 0 saturated carbocycles. The Morgan fingerprint density at radius 1 is 1.14 bits per heavy atom. The van der Waals surface area contributed by atoms with Gasteiger partial charge in [0.25, 0.3) is 0 Å². The molecule has 0 radical (unpaired) electrons. The standard InChI is InChI=1S/C14H11Cl2N3OS/c15-10-3-2-9(6-11(10)16)21(20)7-14-18-12-4-1-8(17)5-13(12)19-14/h1-6H,7,17H2,(H,18,19). The summed E-state index contributed by atoms with van der Waals surface area (Å²) in [6.45, 7) is 0. The Morgan fingerprint density at radius 3 is 2.71 bits per heavy atom. The monoisotopic (exact) mass is 339 g/mol. The molecule has 7 heteroatoms. The summed E-state index contributed by atoms with van der Waals surface area (Å²) >= 11 is 11.8. The van der Waals surface area contributed by atoms with E-state index in [-0.39, 0.29) is 5.75 Å². The van der Waals surface area contributed by atoms with Crippen molar-refractivity contribution < 1.29 is 4.21 Å². The molecule has 2 aromatic carbocycles. The first-order valence-corrected chi connectivity index (χ1v) is 8.18. The Morgan fingerprint density at radius 2 is 1.95 bits per heavy atom. The molecular formula is C14H11Cl2N3OS. The summed E-state index contributed by atoms with van der Waals surface area (Å²) in [5.41, 5.74) is 8.00. The topological polar surface area (TPSA) is 71.8 Å². The molecule has 1 atom stereocenters. The number of rotatable bonds is 3. The molecule has 1 heterocycles. The van der Waals surface area contributed by atoms with Crippen LogP contribution in [0.4, 0.5) is 5.69 Å². The Balaban J connectivity index is 1.87. The van der Waals surface area contributed by atoms with Crippen molar-refractivity contribution in [1.82, 2.24) is 9.97 Å². The average molecular weight is 340 g/mol. The lowest BCUT2D eigenvalue weighted by Gasteiger charge is -2.02. The third-order valence-corrected chi connectivity index (χ3v) is 5.03. The number of hydrogen-bond donors (Lipinski definition) is 2. The number of anilines is 1. The number of benzene rings is 2. The molecule has 3 rings (SSSR count). The quantitative estimate of drug-likeness (QED) is 0.713. The molecule has 0 spiro atoms. The van der Waals surface area contributed by atoms with Crippen LogP contribution >= 0.6 is 23.2 Å². The van der Waals surface area contributed by atoms with Crippen molar-refractivity contribution in [3.05, 3.63) is 52.3 Å². The van der Waals surface area contributed by atoms with Crippen LogP contribution in [0.25, 0.3) is 11.0 Å². The first-order chi connectivity index (χ1) is 10.0. The van der Waals surface area contributed by atoms with Crippen LogP contribution in [0.2, 0.25) is 10.0 Å². The average Bonchev–Trinajstić information content (AvgIpc) is 2.83. The lowest BCUT2D eigenvalue weighted by Crippen LogP contribution is -1.98. The second kappa shape index (κ2) is 5.67. The third kappa shape index (κ3) is 3.05. The Kier molecular flexibility index (Phi) is 3.89. The van der Waals surface area contributed by atoms with Crippen LogP contribution in [0.5, 0.6) is 0 Å². The minimum atomic E-state index is -1.25. The number of nitrogens with zero attached hydrogens (tertiary/aromatic N) is 1. The van der Waals surface area contributed by atoms with Crippen LogP contribution in [-0.2, 0) is 16.6 Å². The first-order valence-electron chi connectivity index (χ1n) is 6.10. The van der Waals surface area contributed by atoms with E-state index in [1.54, 1.807) is 30.3 Å². The Hall–Kier alpha value is -1.56. The van der Waals surface area contributed by atoms with Crippen molar-refractivity contribution >= 4 is 50.7 Å². The maximum absolute atomic E-state index is 12.3. The fourth-order valence-electron chi connectivity index (χ4n) is 1.97. The number of nitrogens with one attached hydrogen (secondary N) is 1. The van der Waals surface area contributed by atoms with Crippen LogP contribution in [0.3, 0.4) is 0 Å². The van der Waals surface area contributed by atoms with E-state index >= 15 is 0 Å². The van der Waals surface area contributed by atoms with E-state index < -0.39 is 10.8 Å². The highest BCUT2D eigenvalue weighted by Gasteiger charge is 2.11. The molecule has 0 amide bonds. The van der Waals surface area contributed by atoms with E-state index in [4.69, 9.17) is 28.9 Å². The highest BCUT2D eigenvalue weighted by molar-refractivity contribution is 7.84. The summed E-state index contributed by atoms with van der Waals surface area (Å²) in [5.74, 6) is 0.909. The summed E-state index contributed by atoms with van der Waals surface area (Å²) in [4.78, 5) is 8.13. The maximum Gasteiger partial charge on any atom is 0.120 e. The number of fused-ring (bicyclic) bond motifs is 1. The van der Waals surface area contributed by atoms with E-state index in [1.165, 1.54) is 0 Å². The van der Waals surface area contributed by atoms with E-state index in [0.717, 1.165) is 11.0 Å². The van der Waals surface area contributed by atoms with Gasteiger partial charge in [-0.1, -0.05) is 23.2 Å². The molecule has 4 nitrogen and oxygen atoms in total. The molecule has 0 fully saturated rings. The van der Waals surface area contributed by atoms with Crippen molar-refractivity contribution in [3.8, 4) is 0 Å². The Labute approximate surface area is 133 Å². The molecule has 21 heavy (non-hydrogen) atoms. The number of hydrogen-bond acceptors (Lipinski definition) is 3. The fraction of sp³-hybridized carbons (Fsp3) is 0.0714. The zero-order valence-electron chi connectivity index (χ0n) is 10.8. The third-order valence-electron chi connectivity index (χ3n) is 2.98. The molecule has 3 aromatic rings. The SMILES string of the molecule is Nc1ccc2nc(CS(=O)c3ccc(Cl)c(Cl)c3)[nH]c2c1. The van der Waals surface area contributed by atoms with Gasteiger partial charge in [0.15, 0.2) is 0 Å². The molecule has 1 aromatic heterocycles. The molecule has 0 saturated heterocycles. The second-order valence-corrected chi connectivity index (χ2v) is 6.79. The van der Waals surface area contributed by atoms with Gasteiger partial charge in [0.1, 0.15) is 5.82 Å². The number of nitrogen functional groups attached to an aromatic ring is 1. The predicted molar refractivity (Wildman–Crippen MR) is 87.1 cm³/mol. The number of imidazole rings is 1. The molecule has 0 aliphatic heterocycles. The molecule has 0 aliphatic rings. The van der Waals surface area contributed by atoms with Crippen molar-refractivity contribution in [3.63, 3.8) is 0 Å². The van der Waals surface area contributed by atoms with Gasteiger partial charge in [-0.3, -0.25) is 4.21 Å². The minimum Gasteiger partial charge on any atom is -0.399 e. The molecule has 0 bridgehead atoms. The van der Waals surface area contributed by atoms with Gasteiger partial charge < -0.3 is 10.7 Å². The molecular weight excluding hydrogens is 329 g/mol. The normalized spacial score (nSPS) is 12.7. The van der Waals surface area contributed by atoms with Gasteiger partial charge in [-0.05, 0) is 36.4 Å². The van der Waals surface area contributed by atoms with Gasteiger partial charge in [-0.25, -0.2) is 4.98 Å². The number of halogens is 2. The first kappa shape index (κ1) is 14.4. The van der Waals surface area contributed by atoms with Gasteiger partial charge in [-0.15, -0.1) is 0 Å². The van der Waals surface area contributed by atoms with Crippen LogP contribution in [0.15, 0.2) is 41.3 Å². The van der Waals surface area contributed by atoms with Gasteiger partial charge in [0.05, 0.1) is 37.6 Å². The van der Waals surface area contributed by atoms with Crippen LogP contribution < -0.4 is 5.73 Å². The zero-order valence-corrected chi connectivity index (χ0v) is 13.1. The number of aromatic amines is 1. The smallest absolute Gasteiger partial charge is 0.120 e. The molecule has 0 aliphatic carbocycles. The van der Waals surface area contributed by atoms with Crippen molar-refractivity contribution in [2.75, 3.05) is 5.73 Å². The number of H-pyrrole nitrogens is 1. The van der Waals surface area contributed by atoms with Crippen molar-refractivity contribution in [2.24, 2.45) is 0 Å². The van der Waals surface area contributed by atoms with E-state index in [9.17, 15) is 4.21 Å². The van der Waals surface area contributed by atoms with E-state index in [1.807, 2.05) is 6.07 Å². The highest BCUT2D eigenvalue weighted by Crippen LogP contribution is 2.25. The zero-order chi connectivity index (χ0) is 15.0. The Bertz CT molecular complexity index is 847. The summed E-state index contributed by atoms with van der Waals surface area (Å²) in [6, 6.07) is 10.4. The largest absolute Gasteiger partial charge is 0.399 e. The second-order valence-electron chi connectivity index (χ2n) is 4.53.